The first kappa shape index (κ1) is 22.6. The van der Waals surface area contributed by atoms with E-state index >= 15 is 0 Å². The van der Waals surface area contributed by atoms with Gasteiger partial charge in [-0.15, -0.1) is 0 Å². The van der Waals surface area contributed by atoms with Crippen molar-refractivity contribution in [2.75, 3.05) is 23.9 Å². The number of carbonyl (C=O) groups is 1. The molecule has 3 N–H and O–H groups in total. The van der Waals surface area contributed by atoms with Crippen LogP contribution in [0.25, 0.3) is 5.70 Å². The summed E-state index contributed by atoms with van der Waals surface area (Å²) in [5.41, 5.74) is 9.21. The van der Waals surface area contributed by atoms with Crippen molar-refractivity contribution in [3.8, 4) is 5.88 Å². The van der Waals surface area contributed by atoms with Crippen LogP contribution in [0.1, 0.15) is 45.6 Å². The summed E-state index contributed by atoms with van der Waals surface area (Å²) in [7, 11) is 0. The fraction of sp³-hybridized carbons (Fsp3) is 0.364. The molecule has 0 aliphatic carbocycles. The molecule has 3 rings (SSSR count). The summed E-state index contributed by atoms with van der Waals surface area (Å²) in [6.45, 7) is 13.4. The minimum Gasteiger partial charge on any atom is -0.478 e. The molecule has 2 amide bonds. The monoisotopic (exact) mass is 443 g/mol. The van der Waals surface area contributed by atoms with Crippen LogP contribution in [0.4, 0.5) is 16.3 Å². The van der Waals surface area contributed by atoms with Crippen LogP contribution >= 0.6 is 11.6 Å². The summed E-state index contributed by atoms with van der Waals surface area (Å²) in [6.07, 6.45) is 2.68. The fourth-order valence-electron chi connectivity index (χ4n) is 3.34. The number of hydrogen-bond donors (Lipinski definition) is 3. The minimum atomic E-state index is -0.468. The Kier molecular flexibility index (Phi) is 7.12. The first-order chi connectivity index (χ1) is 14.8. The van der Waals surface area contributed by atoms with E-state index in [4.69, 9.17) is 16.3 Å². The van der Waals surface area contributed by atoms with Gasteiger partial charge in [0.15, 0.2) is 0 Å². The molecule has 0 saturated carbocycles. The van der Waals surface area contributed by atoms with Gasteiger partial charge >= 0.3 is 11.5 Å². The van der Waals surface area contributed by atoms with E-state index in [0.29, 0.717) is 36.5 Å². The van der Waals surface area contributed by atoms with Gasteiger partial charge in [-0.05, 0) is 35.9 Å². The summed E-state index contributed by atoms with van der Waals surface area (Å²) in [5, 5.41) is 4.11. The highest BCUT2D eigenvalue weighted by molar-refractivity contribution is 6.29. The Morgan fingerprint density at radius 2 is 2.10 bits per heavy atom. The van der Waals surface area contributed by atoms with E-state index in [1.54, 1.807) is 12.1 Å². The van der Waals surface area contributed by atoms with Gasteiger partial charge in [-0.2, -0.15) is 0 Å². The molecule has 1 aliphatic heterocycles. The molecule has 0 aromatic carbocycles. The molecule has 0 atom stereocenters. The Labute approximate surface area is 186 Å². The Bertz CT molecular complexity index is 1130. The molecule has 8 nitrogen and oxygen atoms in total. The number of hydrazine groups is 1. The summed E-state index contributed by atoms with van der Waals surface area (Å²) in [5.74, 6) is 1.23. The number of urea groups is 1. The molecule has 1 aliphatic rings. The molecule has 0 radical (unpaired) electrons. The van der Waals surface area contributed by atoms with Crippen LogP contribution in [0.5, 0.6) is 5.88 Å². The molecule has 0 saturated heterocycles. The maximum Gasteiger partial charge on any atom is 0.337 e. The highest BCUT2D eigenvalue weighted by Crippen LogP contribution is 2.20. The number of fused-ring (bicyclic) bond motifs is 1. The largest absolute Gasteiger partial charge is 0.478 e. The lowest BCUT2D eigenvalue weighted by Gasteiger charge is -2.16. The lowest BCUT2D eigenvalue weighted by Crippen LogP contribution is -2.55. The maximum atomic E-state index is 12.4. The molecule has 9 heteroatoms. The molecule has 164 valence electrons. The van der Waals surface area contributed by atoms with Gasteiger partial charge in [0.2, 0.25) is 5.88 Å². The molecule has 2 aromatic heterocycles. The van der Waals surface area contributed by atoms with Crippen LogP contribution in [-0.2, 0) is 0 Å². The number of amides is 2. The number of rotatable bonds is 9. The zero-order valence-corrected chi connectivity index (χ0v) is 19.0. The van der Waals surface area contributed by atoms with Crippen LogP contribution in [0.2, 0.25) is 5.15 Å². The van der Waals surface area contributed by atoms with Gasteiger partial charge in [-0.25, -0.2) is 19.8 Å². The first-order valence-electron chi connectivity index (χ1n) is 10.2. The minimum absolute atomic E-state index is 0.233. The van der Waals surface area contributed by atoms with Gasteiger partial charge in [-0.3, -0.25) is 5.43 Å². The third-order valence-corrected chi connectivity index (χ3v) is 4.97. The second-order valence-corrected chi connectivity index (χ2v) is 7.89. The average molecular weight is 444 g/mol. The number of nitrogens with one attached hydrogen (secondary N) is 3. The first-order valence-corrected chi connectivity index (χ1v) is 10.6. The number of halogens is 1. The van der Waals surface area contributed by atoms with Crippen LogP contribution in [0, 0.1) is 0 Å². The van der Waals surface area contributed by atoms with Crippen molar-refractivity contribution in [1.82, 2.24) is 20.0 Å². The third-order valence-electron chi connectivity index (χ3n) is 4.77. The molecular formula is C22H28ClN6O2+. The van der Waals surface area contributed by atoms with Gasteiger partial charge in [-0.1, -0.05) is 45.0 Å². The summed E-state index contributed by atoms with van der Waals surface area (Å²) in [4.78, 5) is 21.1. The van der Waals surface area contributed by atoms with E-state index in [1.807, 2.05) is 19.1 Å². The molecule has 0 fully saturated rings. The van der Waals surface area contributed by atoms with E-state index in [-0.39, 0.29) is 5.15 Å². The van der Waals surface area contributed by atoms with Gasteiger partial charge in [0.1, 0.15) is 22.6 Å². The molecular weight excluding hydrogens is 416 g/mol. The van der Waals surface area contributed by atoms with Gasteiger partial charge in [0, 0.05) is 12.1 Å². The maximum absolute atomic E-state index is 12.4. The Balaban J connectivity index is 1.74. The van der Waals surface area contributed by atoms with Crippen molar-refractivity contribution < 1.29 is 9.53 Å². The topological polar surface area (TPSA) is 91.2 Å². The average Bonchev–Trinajstić information content (AvgIpc) is 2.73. The smallest absolute Gasteiger partial charge is 0.337 e. The van der Waals surface area contributed by atoms with Crippen LogP contribution in [-0.4, -0.2) is 29.2 Å². The second kappa shape index (κ2) is 9.78. The Morgan fingerprint density at radius 1 is 1.32 bits per heavy atom. The number of aromatic nitrogens is 2. The molecule has 31 heavy (non-hydrogen) atoms. The van der Waals surface area contributed by atoms with E-state index in [2.05, 4.69) is 58.1 Å². The highest BCUT2D eigenvalue weighted by Gasteiger charge is 2.26. The fourth-order valence-corrected chi connectivity index (χ4v) is 3.54. The molecule has 0 spiro atoms. The lowest BCUT2D eigenvalue weighted by atomic mass is 9.99. The lowest BCUT2D eigenvalue weighted by molar-refractivity contribution is 0.253. The summed E-state index contributed by atoms with van der Waals surface area (Å²) < 4.78 is 7.58. The van der Waals surface area contributed by atoms with E-state index < -0.39 is 6.03 Å². The molecule has 2 aromatic rings. The van der Waals surface area contributed by atoms with Crippen molar-refractivity contribution in [3.05, 3.63) is 52.3 Å². The van der Waals surface area contributed by atoms with Crippen LogP contribution in [0.15, 0.2) is 30.9 Å². The van der Waals surface area contributed by atoms with Gasteiger partial charge in [0.05, 0.1) is 12.3 Å². The molecule has 3 heterocycles. The van der Waals surface area contributed by atoms with Crippen molar-refractivity contribution in [3.63, 3.8) is 0 Å². The number of hydrogen-bond acceptors (Lipinski definition) is 5. The zero-order chi connectivity index (χ0) is 22.5. The van der Waals surface area contributed by atoms with E-state index in [1.165, 1.54) is 11.3 Å². The van der Waals surface area contributed by atoms with Crippen LogP contribution in [0.3, 0.4) is 0 Å². The van der Waals surface area contributed by atoms with Crippen molar-refractivity contribution in [2.45, 2.75) is 40.0 Å². The van der Waals surface area contributed by atoms with Crippen LogP contribution < -0.4 is 36.2 Å². The predicted octanol–water partition coefficient (Wildman–Crippen LogP) is 3.01. The molecule has 0 unspecified atom stereocenters. The van der Waals surface area contributed by atoms with Crippen molar-refractivity contribution in [2.24, 2.45) is 0 Å². The summed E-state index contributed by atoms with van der Waals surface area (Å²) >= 11 is 6.02. The Morgan fingerprint density at radius 3 is 2.77 bits per heavy atom. The van der Waals surface area contributed by atoms with Crippen molar-refractivity contribution >= 4 is 34.8 Å². The highest BCUT2D eigenvalue weighted by atomic mass is 35.5. The standard InChI is InChI=1S/C22H27ClN6O2/c1-6-8-29-14(5)20-16(13(3)4)12-18(26-21(20)29)27-28-22(30)24-15-10-17(23)25-19(11-15)31-9-7-2/h6,10-13H,1,7-9H2,2-5H3,(H2,24,25,28,30)/p+1. The number of ether oxygens (including phenoxy) is 1. The number of nitrogens with zero attached hydrogens (tertiary/aromatic N) is 3. The van der Waals surface area contributed by atoms with E-state index in [9.17, 15) is 4.79 Å². The number of carbonyl (C=O) groups excluding carboxylic acids is 1. The SMILES string of the molecule is C=CC[N+]1=c2nc(NNC(=O)Nc3cc(Cl)nc(OCCC)c3)cc(C(C)C)c2=C1C. The van der Waals surface area contributed by atoms with Gasteiger partial charge in [0.25, 0.3) is 5.82 Å². The van der Waals surface area contributed by atoms with E-state index in [0.717, 1.165) is 17.1 Å². The third kappa shape index (κ3) is 5.14. The quantitative estimate of drug-likeness (QED) is 0.240. The Hall–Kier alpha value is -3.13. The predicted molar refractivity (Wildman–Crippen MR) is 124 cm³/mol. The zero-order valence-electron chi connectivity index (χ0n) is 18.3. The second-order valence-electron chi connectivity index (χ2n) is 7.50. The van der Waals surface area contributed by atoms with Crippen molar-refractivity contribution in [1.29, 1.82) is 0 Å². The normalized spacial score (nSPS) is 12.2. The number of pyridine rings is 2. The molecule has 0 bridgehead atoms. The van der Waals surface area contributed by atoms with Gasteiger partial charge < -0.3 is 10.1 Å². The summed E-state index contributed by atoms with van der Waals surface area (Å²) in [6, 6.07) is 4.66. The number of anilines is 2.